The van der Waals surface area contributed by atoms with Crippen LogP contribution >= 0.6 is 0 Å². The van der Waals surface area contributed by atoms with Crippen molar-refractivity contribution in [3.63, 3.8) is 0 Å². The zero-order chi connectivity index (χ0) is 10.8. The molecule has 0 aliphatic heterocycles. The van der Waals surface area contributed by atoms with Crippen LogP contribution in [0, 0.1) is 5.92 Å². The smallest absolute Gasteiger partial charge is 0.407 e. The van der Waals surface area contributed by atoms with Gasteiger partial charge in [-0.3, -0.25) is 4.39 Å². The van der Waals surface area contributed by atoms with Crippen molar-refractivity contribution in [3.8, 4) is 0 Å². The van der Waals surface area contributed by atoms with Gasteiger partial charge in [-0.25, -0.2) is 4.79 Å². The second-order valence-electron chi connectivity index (χ2n) is 4.74. The van der Waals surface area contributed by atoms with Crippen molar-refractivity contribution in [2.24, 2.45) is 5.92 Å². The van der Waals surface area contributed by atoms with Crippen molar-refractivity contribution in [1.29, 1.82) is 0 Å². The van der Waals surface area contributed by atoms with E-state index in [9.17, 15) is 9.18 Å². The molecule has 0 heterocycles. The fourth-order valence-corrected chi connectivity index (χ4v) is 1.40. The lowest BCUT2D eigenvalue weighted by atomic mass is 9.81. The van der Waals surface area contributed by atoms with Crippen LogP contribution in [0.5, 0.6) is 0 Å². The maximum atomic E-state index is 12.3. The molecular formula is C10H18FNO2. The largest absolute Gasteiger partial charge is 0.444 e. The molecule has 14 heavy (non-hydrogen) atoms. The fraction of sp³-hybridized carbons (Fsp3) is 0.900. The summed E-state index contributed by atoms with van der Waals surface area (Å²) in [7, 11) is 0. The van der Waals surface area contributed by atoms with Gasteiger partial charge in [-0.2, -0.15) is 0 Å². The van der Waals surface area contributed by atoms with Crippen LogP contribution in [-0.2, 0) is 4.74 Å². The number of alkyl halides is 1. The molecule has 0 bridgehead atoms. The van der Waals surface area contributed by atoms with E-state index in [1.807, 2.05) is 0 Å². The first-order valence-corrected chi connectivity index (χ1v) is 4.98. The van der Waals surface area contributed by atoms with Gasteiger partial charge in [-0.15, -0.1) is 0 Å². The average molecular weight is 203 g/mol. The van der Waals surface area contributed by atoms with Crippen molar-refractivity contribution in [3.05, 3.63) is 0 Å². The third kappa shape index (κ3) is 3.16. The highest BCUT2D eigenvalue weighted by Gasteiger charge is 2.33. The SMILES string of the molecule is CC(C)(C)OC(=O)N[C@H]1CC[C@H]1CF. The standard InChI is InChI=1S/C10H18FNO2/c1-10(2,3)14-9(13)12-8-5-4-7(8)6-11/h7-8H,4-6H2,1-3H3,(H,12,13)/t7-,8-/m0/s1. The number of rotatable bonds is 2. The molecule has 1 fully saturated rings. The summed E-state index contributed by atoms with van der Waals surface area (Å²) in [5, 5.41) is 2.67. The van der Waals surface area contributed by atoms with Crippen LogP contribution in [-0.4, -0.2) is 24.4 Å². The second-order valence-corrected chi connectivity index (χ2v) is 4.74. The summed E-state index contributed by atoms with van der Waals surface area (Å²) in [6.07, 6.45) is 1.27. The molecule has 82 valence electrons. The molecule has 1 aliphatic carbocycles. The van der Waals surface area contributed by atoms with Crippen LogP contribution in [0.15, 0.2) is 0 Å². The number of halogens is 1. The number of hydrogen-bond donors (Lipinski definition) is 1. The van der Waals surface area contributed by atoms with Gasteiger partial charge < -0.3 is 10.1 Å². The van der Waals surface area contributed by atoms with E-state index >= 15 is 0 Å². The molecule has 0 saturated heterocycles. The number of amides is 1. The Balaban J connectivity index is 2.27. The average Bonchev–Trinajstić information content (AvgIpc) is 1.96. The van der Waals surface area contributed by atoms with E-state index in [1.165, 1.54) is 0 Å². The van der Waals surface area contributed by atoms with E-state index in [0.717, 1.165) is 12.8 Å². The van der Waals surface area contributed by atoms with Crippen molar-refractivity contribution in [1.82, 2.24) is 5.32 Å². The van der Waals surface area contributed by atoms with E-state index in [1.54, 1.807) is 20.8 Å². The number of carbonyl (C=O) groups excluding carboxylic acids is 1. The van der Waals surface area contributed by atoms with Gasteiger partial charge in [-0.05, 0) is 33.6 Å². The number of hydrogen-bond acceptors (Lipinski definition) is 2. The zero-order valence-electron chi connectivity index (χ0n) is 8.97. The highest BCUT2D eigenvalue weighted by molar-refractivity contribution is 5.68. The highest BCUT2D eigenvalue weighted by Crippen LogP contribution is 2.27. The summed E-state index contributed by atoms with van der Waals surface area (Å²) in [5.41, 5.74) is -0.487. The zero-order valence-corrected chi connectivity index (χ0v) is 8.97. The van der Waals surface area contributed by atoms with Crippen LogP contribution in [0.2, 0.25) is 0 Å². The highest BCUT2D eigenvalue weighted by atomic mass is 19.1. The fourth-order valence-electron chi connectivity index (χ4n) is 1.40. The monoisotopic (exact) mass is 203 g/mol. The lowest BCUT2D eigenvalue weighted by molar-refractivity contribution is 0.0422. The molecule has 1 aliphatic rings. The van der Waals surface area contributed by atoms with E-state index in [-0.39, 0.29) is 18.6 Å². The summed E-state index contributed by atoms with van der Waals surface area (Å²) < 4.78 is 17.3. The minimum Gasteiger partial charge on any atom is -0.444 e. The number of carbonyl (C=O) groups is 1. The molecule has 4 heteroatoms. The molecule has 0 spiro atoms. The molecule has 3 nitrogen and oxygen atoms in total. The summed E-state index contributed by atoms with van der Waals surface area (Å²) in [6, 6.07) is -0.0325. The second kappa shape index (κ2) is 4.15. The molecule has 1 saturated carbocycles. The first-order chi connectivity index (χ1) is 6.42. The topological polar surface area (TPSA) is 38.3 Å². The summed E-state index contributed by atoms with van der Waals surface area (Å²) in [4.78, 5) is 11.3. The quantitative estimate of drug-likeness (QED) is 0.747. The summed E-state index contributed by atoms with van der Waals surface area (Å²) in [6.45, 7) is 5.06. The normalized spacial score (nSPS) is 26.6. The maximum Gasteiger partial charge on any atom is 0.407 e. The van der Waals surface area contributed by atoms with Gasteiger partial charge >= 0.3 is 6.09 Å². The van der Waals surface area contributed by atoms with Gasteiger partial charge in [-0.1, -0.05) is 0 Å². The molecule has 0 aromatic carbocycles. The van der Waals surface area contributed by atoms with Gasteiger partial charge in [0.15, 0.2) is 0 Å². The van der Waals surface area contributed by atoms with Crippen molar-refractivity contribution < 1.29 is 13.9 Å². The molecule has 0 unspecified atom stereocenters. The molecule has 0 aromatic rings. The molecule has 0 radical (unpaired) electrons. The molecule has 1 rings (SSSR count). The Morgan fingerprint density at radius 1 is 1.50 bits per heavy atom. The van der Waals surface area contributed by atoms with Crippen molar-refractivity contribution in [2.45, 2.75) is 45.3 Å². The minimum atomic E-state index is -0.487. The summed E-state index contributed by atoms with van der Waals surface area (Å²) in [5.74, 6) is -0.0116. The molecule has 1 amide bonds. The Labute approximate surface area is 84.0 Å². The van der Waals surface area contributed by atoms with E-state index in [4.69, 9.17) is 4.74 Å². The van der Waals surface area contributed by atoms with Crippen LogP contribution in [0.1, 0.15) is 33.6 Å². The lowest BCUT2D eigenvalue weighted by Gasteiger charge is -2.35. The number of alkyl carbamates (subject to hydrolysis) is 1. The molecule has 1 N–H and O–H groups in total. The lowest BCUT2D eigenvalue weighted by Crippen LogP contribution is -2.49. The Hall–Kier alpha value is -0.800. The van der Waals surface area contributed by atoms with Gasteiger partial charge in [0.25, 0.3) is 0 Å². The van der Waals surface area contributed by atoms with Gasteiger partial charge in [0.1, 0.15) is 5.60 Å². The predicted molar refractivity (Wildman–Crippen MR) is 51.9 cm³/mol. The van der Waals surface area contributed by atoms with E-state index in [0.29, 0.717) is 0 Å². The first kappa shape index (κ1) is 11.3. The number of ether oxygens (including phenoxy) is 1. The first-order valence-electron chi connectivity index (χ1n) is 4.98. The Kier molecular flexibility index (Phi) is 3.34. The van der Waals surface area contributed by atoms with Crippen LogP contribution < -0.4 is 5.32 Å². The van der Waals surface area contributed by atoms with Gasteiger partial charge in [0.05, 0.1) is 6.67 Å². The third-order valence-corrected chi connectivity index (χ3v) is 2.32. The molecular weight excluding hydrogens is 185 g/mol. The van der Waals surface area contributed by atoms with Crippen LogP contribution in [0.25, 0.3) is 0 Å². The van der Waals surface area contributed by atoms with Crippen LogP contribution in [0.4, 0.5) is 9.18 Å². The Bertz CT molecular complexity index is 211. The van der Waals surface area contributed by atoms with E-state index < -0.39 is 11.7 Å². The Morgan fingerprint density at radius 2 is 2.14 bits per heavy atom. The predicted octanol–water partition coefficient (Wildman–Crippen LogP) is 2.26. The third-order valence-electron chi connectivity index (χ3n) is 2.32. The van der Waals surface area contributed by atoms with E-state index in [2.05, 4.69) is 5.32 Å². The van der Waals surface area contributed by atoms with Gasteiger partial charge in [0.2, 0.25) is 0 Å². The Morgan fingerprint density at radius 3 is 2.50 bits per heavy atom. The van der Waals surface area contributed by atoms with Crippen LogP contribution in [0.3, 0.4) is 0 Å². The summed E-state index contributed by atoms with van der Waals surface area (Å²) >= 11 is 0. The number of nitrogens with one attached hydrogen (secondary N) is 1. The minimum absolute atomic E-state index is 0.0116. The molecule has 2 atom stereocenters. The van der Waals surface area contributed by atoms with Crippen molar-refractivity contribution in [2.75, 3.05) is 6.67 Å². The van der Waals surface area contributed by atoms with Crippen molar-refractivity contribution >= 4 is 6.09 Å². The van der Waals surface area contributed by atoms with Gasteiger partial charge in [0, 0.05) is 12.0 Å². The molecule has 0 aromatic heterocycles. The maximum absolute atomic E-state index is 12.3.